The minimum atomic E-state index is -0.267. The standard InChI is InChI=1S/C9H15BrO2/c10-8-4-1-2-5-9(8)11-6-3-7-12-9/h8H,1-7H2. The molecule has 0 aromatic heterocycles. The minimum Gasteiger partial charge on any atom is -0.349 e. The van der Waals surface area contributed by atoms with Crippen LogP contribution >= 0.6 is 15.9 Å². The van der Waals surface area contributed by atoms with E-state index in [-0.39, 0.29) is 5.79 Å². The maximum Gasteiger partial charge on any atom is 0.180 e. The maximum absolute atomic E-state index is 5.75. The highest BCUT2D eigenvalue weighted by Crippen LogP contribution is 2.39. The van der Waals surface area contributed by atoms with Gasteiger partial charge in [0.2, 0.25) is 0 Å². The molecular weight excluding hydrogens is 220 g/mol. The van der Waals surface area contributed by atoms with Crippen molar-refractivity contribution in [2.75, 3.05) is 13.2 Å². The van der Waals surface area contributed by atoms with Gasteiger partial charge in [-0.15, -0.1) is 0 Å². The second-order valence-electron chi connectivity index (χ2n) is 3.58. The van der Waals surface area contributed by atoms with Crippen molar-refractivity contribution in [1.29, 1.82) is 0 Å². The van der Waals surface area contributed by atoms with Crippen molar-refractivity contribution in [2.45, 2.75) is 42.7 Å². The van der Waals surface area contributed by atoms with Crippen LogP contribution in [0.25, 0.3) is 0 Å². The highest BCUT2D eigenvalue weighted by Gasteiger charge is 2.42. The van der Waals surface area contributed by atoms with Crippen molar-refractivity contribution < 1.29 is 9.47 Å². The third-order valence-electron chi connectivity index (χ3n) is 2.69. The average molecular weight is 235 g/mol. The fourth-order valence-electron chi connectivity index (χ4n) is 1.99. The molecule has 0 aromatic carbocycles. The summed E-state index contributed by atoms with van der Waals surface area (Å²) in [5.74, 6) is -0.267. The molecule has 0 radical (unpaired) electrons. The van der Waals surface area contributed by atoms with Crippen LogP contribution in [-0.4, -0.2) is 23.8 Å². The monoisotopic (exact) mass is 234 g/mol. The first-order valence-electron chi connectivity index (χ1n) is 4.75. The molecule has 0 aromatic rings. The number of alkyl halides is 1. The van der Waals surface area contributed by atoms with Gasteiger partial charge in [0.1, 0.15) is 0 Å². The van der Waals surface area contributed by atoms with Gasteiger partial charge >= 0.3 is 0 Å². The molecule has 1 saturated heterocycles. The molecule has 2 fully saturated rings. The topological polar surface area (TPSA) is 18.5 Å². The predicted octanol–water partition coefficient (Wildman–Crippen LogP) is 2.46. The van der Waals surface area contributed by atoms with Gasteiger partial charge in [0.15, 0.2) is 5.79 Å². The number of ether oxygens (including phenoxy) is 2. The first kappa shape index (κ1) is 8.97. The van der Waals surface area contributed by atoms with Crippen molar-refractivity contribution in [3.05, 3.63) is 0 Å². The van der Waals surface area contributed by atoms with E-state index in [1.165, 1.54) is 19.3 Å². The lowest BCUT2D eigenvalue weighted by atomic mass is 9.93. The predicted molar refractivity (Wildman–Crippen MR) is 50.4 cm³/mol. The Balaban J connectivity index is 2.04. The lowest BCUT2D eigenvalue weighted by Crippen LogP contribution is -2.49. The Morgan fingerprint density at radius 1 is 1.08 bits per heavy atom. The first-order valence-corrected chi connectivity index (χ1v) is 5.67. The van der Waals surface area contributed by atoms with Gasteiger partial charge in [0, 0.05) is 6.42 Å². The van der Waals surface area contributed by atoms with Crippen molar-refractivity contribution in [3.8, 4) is 0 Å². The van der Waals surface area contributed by atoms with Gasteiger partial charge < -0.3 is 9.47 Å². The zero-order chi connectivity index (χ0) is 8.44. The summed E-state index contributed by atoms with van der Waals surface area (Å²) in [7, 11) is 0. The summed E-state index contributed by atoms with van der Waals surface area (Å²) < 4.78 is 11.5. The Kier molecular flexibility index (Phi) is 2.72. The van der Waals surface area contributed by atoms with Crippen molar-refractivity contribution in [1.82, 2.24) is 0 Å². The van der Waals surface area contributed by atoms with Crippen LogP contribution in [0.5, 0.6) is 0 Å². The SMILES string of the molecule is BrC1CCCCC12OCCCO2. The van der Waals surface area contributed by atoms with Crippen molar-refractivity contribution in [3.63, 3.8) is 0 Å². The van der Waals surface area contributed by atoms with E-state index in [0.29, 0.717) is 4.83 Å². The Morgan fingerprint density at radius 3 is 2.50 bits per heavy atom. The van der Waals surface area contributed by atoms with Crippen LogP contribution in [0, 0.1) is 0 Å². The minimum absolute atomic E-state index is 0.267. The van der Waals surface area contributed by atoms with Gasteiger partial charge in [0.25, 0.3) is 0 Å². The molecule has 12 heavy (non-hydrogen) atoms. The van der Waals surface area contributed by atoms with Crippen molar-refractivity contribution >= 4 is 15.9 Å². The van der Waals surface area contributed by atoms with E-state index in [4.69, 9.17) is 9.47 Å². The van der Waals surface area contributed by atoms with Crippen LogP contribution in [0.4, 0.5) is 0 Å². The molecule has 1 aliphatic heterocycles. The fraction of sp³-hybridized carbons (Fsp3) is 1.00. The molecule has 2 aliphatic rings. The van der Waals surface area contributed by atoms with Crippen LogP contribution in [0.2, 0.25) is 0 Å². The number of rotatable bonds is 0. The Morgan fingerprint density at radius 2 is 1.83 bits per heavy atom. The molecule has 1 saturated carbocycles. The Bertz CT molecular complexity index is 146. The van der Waals surface area contributed by atoms with Crippen LogP contribution in [-0.2, 0) is 9.47 Å². The van der Waals surface area contributed by atoms with E-state index in [9.17, 15) is 0 Å². The first-order chi connectivity index (χ1) is 5.83. The second kappa shape index (κ2) is 3.64. The lowest BCUT2D eigenvalue weighted by molar-refractivity contribution is -0.274. The zero-order valence-corrected chi connectivity index (χ0v) is 8.81. The summed E-state index contributed by atoms with van der Waals surface area (Å²) in [5, 5.41) is 0. The third-order valence-corrected chi connectivity index (χ3v) is 3.85. The summed E-state index contributed by atoms with van der Waals surface area (Å²) in [4.78, 5) is 0.402. The van der Waals surface area contributed by atoms with Gasteiger partial charge in [0.05, 0.1) is 18.0 Å². The number of hydrogen-bond acceptors (Lipinski definition) is 2. The molecule has 1 heterocycles. The van der Waals surface area contributed by atoms with E-state index in [1.807, 2.05) is 0 Å². The zero-order valence-electron chi connectivity index (χ0n) is 7.22. The molecule has 0 bridgehead atoms. The smallest absolute Gasteiger partial charge is 0.180 e. The largest absolute Gasteiger partial charge is 0.349 e. The van der Waals surface area contributed by atoms with Gasteiger partial charge in [-0.2, -0.15) is 0 Å². The normalized spacial score (nSPS) is 35.2. The molecular formula is C9H15BrO2. The Labute approximate surface area is 81.7 Å². The van der Waals surface area contributed by atoms with E-state index >= 15 is 0 Å². The molecule has 1 atom stereocenters. The molecule has 3 heteroatoms. The molecule has 1 unspecified atom stereocenters. The fourth-order valence-corrected chi connectivity index (χ4v) is 2.80. The number of hydrogen-bond donors (Lipinski definition) is 0. The van der Waals surface area contributed by atoms with Gasteiger partial charge in [-0.1, -0.05) is 22.4 Å². The molecule has 70 valence electrons. The molecule has 0 N–H and O–H groups in total. The van der Waals surface area contributed by atoms with Crippen LogP contribution in [0.3, 0.4) is 0 Å². The molecule has 1 spiro atoms. The highest BCUT2D eigenvalue weighted by molar-refractivity contribution is 9.09. The van der Waals surface area contributed by atoms with E-state index in [0.717, 1.165) is 26.1 Å². The molecule has 2 nitrogen and oxygen atoms in total. The van der Waals surface area contributed by atoms with Crippen LogP contribution in [0.1, 0.15) is 32.1 Å². The maximum atomic E-state index is 5.75. The highest BCUT2D eigenvalue weighted by atomic mass is 79.9. The summed E-state index contributed by atoms with van der Waals surface area (Å²) in [5.41, 5.74) is 0. The molecule has 0 amide bonds. The van der Waals surface area contributed by atoms with Gasteiger partial charge in [-0.05, 0) is 19.3 Å². The summed E-state index contributed by atoms with van der Waals surface area (Å²) in [6.45, 7) is 1.73. The van der Waals surface area contributed by atoms with Crippen molar-refractivity contribution in [2.24, 2.45) is 0 Å². The second-order valence-corrected chi connectivity index (χ2v) is 4.68. The van der Waals surface area contributed by atoms with E-state index < -0.39 is 0 Å². The molecule has 2 rings (SSSR count). The summed E-state index contributed by atoms with van der Waals surface area (Å²) >= 11 is 3.66. The third kappa shape index (κ3) is 1.54. The van der Waals surface area contributed by atoms with Crippen LogP contribution < -0.4 is 0 Å². The molecule has 1 aliphatic carbocycles. The summed E-state index contributed by atoms with van der Waals surface area (Å²) in [6.07, 6.45) is 5.82. The quantitative estimate of drug-likeness (QED) is 0.600. The van der Waals surface area contributed by atoms with E-state index in [2.05, 4.69) is 15.9 Å². The van der Waals surface area contributed by atoms with Gasteiger partial charge in [-0.25, -0.2) is 0 Å². The number of halogens is 1. The Hall–Kier alpha value is 0.400. The average Bonchev–Trinajstić information content (AvgIpc) is 2.12. The lowest BCUT2D eigenvalue weighted by Gasteiger charge is -2.43. The van der Waals surface area contributed by atoms with Gasteiger partial charge in [-0.3, -0.25) is 0 Å². The summed E-state index contributed by atoms with van der Waals surface area (Å²) in [6, 6.07) is 0. The van der Waals surface area contributed by atoms with Crippen LogP contribution in [0.15, 0.2) is 0 Å². The van der Waals surface area contributed by atoms with E-state index in [1.54, 1.807) is 0 Å².